The summed E-state index contributed by atoms with van der Waals surface area (Å²) in [6, 6.07) is 6.32. The molecule has 9 nitrogen and oxygen atoms in total. The largest absolute Gasteiger partial charge is 0.383 e. The number of carbonyl (C=O) groups excluding carboxylic acids is 1. The number of rotatable bonds is 6. The zero-order valence-electron chi connectivity index (χ0n) is 16.1. The fourth-order valence-electron chi connectivity index (χ4n) is 3.05. The zero-order chi connectivity index (χ0) is 21.0. The zero-order valence-corrected chi connectivity index (χ0v) is 17.7. The van der Waals surface area contributed by atoms with Crippen molar-refractivity contribution in [2.75, 3.05) is 35.6 Å². The highest BCUT2D eigenvalue weighted by Gasteiger charge is 2.27. The van der Waals surface area contributed by atoms with Gasteiger partial charge < -0.3 is 16.8 Å². The number of nitrogen functional groups attached to an aromatic ring is 2. The van der Waals surface area contributed by atoms with Gasteiger partial charge in [-0.15, -0.1) is 0 Å². The first-order chi connectivity index (χ1) is 13.8. The van der Waals surface area contributed by atoms with E-state index in [1.165, 1.54) is 16.4 Å². The number of nitrogens with zero attached hydrogens (tertiary/aromatic N) is 3. The Morgan fingerprint density at radius 1 is 1.14 bits per heavy atom. The molecule has 1 amide bonds. The van der Waals surface area contributed by atoms with Gasteiger partial charge in [-0.2, -0.15) is 4.31 Å². The number of nitrogens with one attached hydrogen (secondary N) is 1. The van der Waals surface area contributed by atoms with E-state index in [-0.39, 0.29) is 28.2 Å². The predicted molar refractivity (Wildman–Crippen MR) is 114 cm³/mol. The molecule has 0 unspecified atom stereocenters. The van der Waals surface area contributed by atoms with Crippen LogP contribution in [0, 0.1) is 6.92 Å². The van der Waals surface area contributed by atoms with Crippen LogP contribution in [-0.2, 0) is 14.8 Å². The first kappa shape index (κ1) is 21.3. The predicted octanol–water partition coefficient (Wildman–Crippen LogP) is 1.85. The molecule has 1 aliphatic rings. The summed E-state index contributed by atoms with van der Waals surface area (Å²) in [5.41, 5.74) is 12.3. The molecule has 5 N–H and O–H groups in total. The third-order valence-corrected chi connectivity index (χ3v) is 7.37. The molecular formula is C18H24N6O3S2. The Hall–Kier alpha value is -2.37. The summed E-state index contributed by atoms with van der Waals surface area (Å²) in [6.07, 6.45) is 2.77. The molecule has 1 aliphatic heterocycles. The van der Waals surface area contributed by atoms with E-state index in [0.29, 0.717) is 29.5 Å². The number of anilines is 3. The quantitative estimate of drug-likeness (QED) is 0.460. The van der Waals surface area contributed by atoms with Crippen LogP contribution in [0.1, 0.15) is 24.8 Å². The van der Waals surface area contributed by atoms with Gasteiger partial charge in [0.2, 0.25) is 15.9 Å². The highest BCUT2D eigenvalue weighted by atomic mass is 32.2. The molecular weight excluding hydrogens is 412 g/mol. The number of benzene rings is 1. The Morgan fingerprint density at radius 3 is 2.45 bits per heavy atom. The van der Waals surface area contributed by atoms with Crippen molar-refractivity contribution in [3.05, 3.63) is 29.8 Å². The van der Waals surface area contributed by atoms with Gasteiger partial charge in [0.05, 0.1) is 10.6 Å². The fourth-order valence-corrected chi connectivity index (χ4v) is 5.49. The minimum atomic E-state index is -3.59. The number of nitrogens with two attached hydrogens (primary N) is 2. The van der Waals surface area contributed by atoms with E-state index in [9.17, 15) is 13.2 Å². The molecule has 0 atom stereocenters. The van der Waals surface area contributed by atoms with Crippen LogP contribution in [0.2, 0.25) is 0 Å². The molecule has 1 saturated heterocycles. The number of hydrogen-bond donors (Lipinski definition) is 3. The van der Waals surface area contributed by atoms with Crippen LogP contribution in [0.15, 0.2) is 34.3 Å². The van der Waals surface area contributed by atoms with Crippen molar-refractivity contribution in [3.63, 3.8) is 0 Å². The van der Waals surface area contributed by atoms with Gasteiger partial charge in [-0.25, -0.2) is 18.4 Å². The van der Waals surface area contributed by atoms with E-state index < -0.39 is 10.0 Å². The Labute approximate surface area is 174 Å². The van der Waals surface area contributed by atoms with Crippen LogP contribution in [0.3, 0.4) is 0 Å². The number of sulfonamides is 1. The molecule has 29 heavy (non-hydrogen) atoms. The van der Waals surface area contributed by atoms with Gasteiger partial charge in [-0.1, -0.05) is 24.2 Å². The number of piperidine rings is 1. The van der Waals surface area contributed by atoms with Gasteiger partial charge in [0.15, 0.2) is 5.16 Å². The summed E-state index contributed by atoms with van der Waals surface area (Å²) in [7, 11) is -3.59. The number of amides is 1. The lowest BCUT2D eigenvalue weighted by atomic mass is 10.2. The smallest absolute Gasteiger partial charge is 0.243 e. The Balaban J connectivity index is 1.69. The van der Waals surface area contributed by atoms with E-state index in [4.69, 9.17) is 11.5 Å². The van der Waals surface area contributed by atoms with E-state index in [0.717, 1.165) is 31.0 Å². The summed E-state index contributed by atoms with van der Waals surface area (Å²) in [5.74, 6) is 0.174. The van der Waals surface area contributed by atoms with Crippen molar-refractivity contribution in [1.29, 1.82) is 0 Å². The molecule has 0 spiro atoms. The molecule has 1 aromatic carbocycles. The number of carbonyl (C=O) groups is 1. The van der Waals surface area contributed by atoms with Crippen molar-refractivity contribution in [3.8, 4) is 0 Å². The van der Waals surface area contributed by atoms with Gasteiger partial charge in [0, 0.05) is 24.8 Å². The lowest BCUT2D eigenvalue weighted by Gasteiger charge is -2.26. The highest BCUT2D eigenvalue weighted by molar-refractivity contribution is 7.99. The van der Waals surface area contributed by atoms with Crippen molar-refractivity contribution >= 4 is 45.0 Å². The van der Waals surface area contributed by atoms with Crippen LogP contribution in [0.25, 0.3) is 0 Å². The Bertz CT molecular complexity index is 986. The molecule has 2 aromatic rings. The van der Waals surface area contributed by atoms with Crippen LogP contribution in [0.4, 0.5) is 17.3 Å². The average molecular weight is 437 g/mol. The first-order valence-corrected chi connectivity index (χ1v) is 11.6. The maximum absolute atomic E-state index is 13.0. The normalized spacial score (nSPS) is 15.2. The Kier molecular flexibility index (Phi) is 6.60. The third-order valence-electron chi connectivity index (χ3n) is 4.48. The summed E-state index contributed by atoms with van der Waals surface area (Å²) < 4.78 is 27.5. The van der Waals surface area contributed by atoms with Crippen molar-refractivity contribution in [1.82, 2.24) is 14.3 Å². The second kappa shape index (κ2) is 8.97. The number of aromatic nitrogens is 2. The third kappa shape index (κ3) is 5.37. The maximum atomic E-state index is 13.0. The summed E-state index contributed by atoms with van der Waals surface area (Å²) in [6.45, 7) is 2.80. The van der Waals surface area contributed by atoms with Crippen molar-refractivity contribution in [2.45, 2.75) is 36.2 Å². The summed E-state index contributed by atoms with van der Waals surface area (Å²) in [4.78, 5) is 20.5. The van der Waals surface area contributed by atoms with Crippen LogP contribution in [-0.4, -0.2) is 47.4 Å². The molecule has 0 aliphatic carbocycles. The van der Waals surface area contributed by atoms with Gasteiger partial charge in [0.1, 0.15) is 11.6 Å². The molecule has 156 valence electrons. The second-order valence-corrected chi connectivity index (χ2v) is 9.63. The van der Waals surface area contributed by atoms with E-state index in [1.807, 2.05) is 0 Å². The maximum Gasteiger partial charge on any atom is 0.243 e. The van der Waals surface area contributed by atoms with Gasteiger partial charge in [-0.3, -0.25) is 4.79 Å². The molecule has 0 bridgehead atoms. The van der Waals surface area contributed by atoms with E-state index in [1.54, 1.807) is 19.1 Å². The lowest BCUT2D eigenvalue weighted by molar-refractivity contribution is -0.113. The SMILES string of the molecule is Cc1ccc(NC(=O)CSc2nc(N)cc(N)n2)cc1S(=O)(=O)N1CCCCC1. The molecule has 3 rings (SSSR count). The lowest BCUT2D eigenvalue weighted by Crippen LogP contribution is -2.36. The molecule has 0 saturated carbocycles. The van der Waals surface area contributed by atoms with Crippen LogP contribution in [0.5, 0.6) is 0 Å². The molecule has 1 aromatic heterocycles. The number of aryl methyl sites for hydroxylation is 1. The van der Waals surface area contributed by atoms with E-state index in [2.05, 4.69) is 15.3 Å². The van der Waals surface area contributed by atoms with E-state index >= 15 is 0 Å². The standard InChI is InChI=1S/C18H24N6O3S2/c1-12-5-6-13(9-14(12)29(26,27)24-7-3-2-4-8-24)21-17(25)11-28-18-22-15(19)10-16(20)23-18/h5-6,9-10H,2-4,7-8,11H2,1H3,(H,21,25)(H4,19,20,22,23). The molecule has 11 heteroatoms. The van der Waals surface area contributed by atoms with Gasteiger partial charge in [-0.05, 0) is 37.5 Å². The summed E-state index contributed by atoms with van der Waals surface area (Å²) in [5, 5.41) is 3.02. The molecule has 2 heterocycles. The number of thioether (sulfide) groups is 1. The monoisotopic (exact) mass is 436 g/mol. The molecule has 0 radical (unpaired) electrons. The van der Waals surface area contributed by atoms with Gasteiger partial charge in [0.25, 0.3) is 0 Å². The van der Waals surface area contributed by atoms with Crippen molar-refractivity contribution in [2.24, 2.45) is 0 Å². The molecule has 1 fully saturated rings. The van der Waals surface area contributed by atoms with Crippen molar-refractivity contribution < 1.29 is 13.2 Å². The van der Waals surface area contributed by atoms with Crippen LogP contribution < -0.4 is 16.8 Å². The average Bonchev–Trinajstić information content (AvgIpc) is 2.68. The topological polar surface area (TPSA) is 144 Å². The Morgan fingerprint density at radius 2 is 1.79 bits per heavy atom. The minimum Gasteiger partial charge on any atom is -0.383 e. The number of hydrogen-bond acceptors (Lipinski definition) is 8. The van der Waals surface area contributed by atoms with Gasteiger partial charge >= 0.3 is 0 Å². The summed E-state index contributed by atoms with van der Waals surface area (Å²) >= 11 is 1.09. The second-order valence-electron chi connectivity index (χ2n) is 6.78. The fraction of sp³-hybridized carbons (Fsp3) is 0.389. The first-order valence-electron chi connectivity index (χ1n) is 9.19. The highest BCUT2D eigenvalue weighted by Crippen LogP contribution is 2.26. The van der Waals surface area contributed by atoms with Crippen LogP contribution >= 0.6 is 11.8 Å². The minimum absolute atomic E-state index is 0.0327.